The summed E-state index contributed by atoms with van der Waals surface area (Å²) in [7, 11) is -1.08. The predicted molar refractivity (Wildman–Crippen MR) is 62.3 cm³/mol. The smallest absolute Gasteiger partial charge is 0.216 e. The molecule has 0 aromatic rings. The van der Waals surface area contributed by atoms with E-state index in [1.165, 1.54) is 0 Å². The highest BCUT2D eigenvalue weighted by molar-refractivity contribution is 7.89. The number of hydrogen-bond donors (Lipinski definition) is 1. The highest BCUT2D eigenvalue weighted by Crippen LogP contribution is 2.20. The molecule has 5 heteroatoms. The first-order valence-corrected chi connectivity index (χ1v) is 7.12. The standard InChI is InChI=1S/C10H22N2O2S/c1-9(2)15(13,14)12-6-4-10(5-7-12)8-11-3/h9-11H,4-8H2,1-3H3. The Hall–Kier alpha value is -0.130. The second-order valence-electron chi connectivity index (χ2n) is 4.49. The van der Waals surface area contributed by atoms with Gasteiger partial charge in [0.15, 0.2) is 0 Å². The van der Waals surface area contributed by atoms with Crippen molar-refractivity contribution in [3.05, 3.63) is 0 Å². The molecular formula is C10H22N2O2S. The van der Waals surface area contributed by atoms with Crippen LogP contribution < -0.4 is 5.32 Å². The lowest BCUT2D eigenvalue weighted by Crippen LogP contribution is -2.43. The number of sulfonamides is 1. The van der Waals surface area contributed by atoms with Gasteiger partial charge in [-0.2, -0.15) is 0 Å². The maximum absolute atomic E-state index is 11.9. The van der Waals surface area contributed by atoms with Crippen LogP contribution in [0.3, 0.4) is 0 Å². The highest BCUT2D eigenvalue weighted by Gasteiger charge is 2.29. The molecule has 1 N–H and O–H groups in total. The molecule has 15 heavy (non-hydrogen) atoms. The SMILES string of the molecule is CNCC1CCN(S(=O)(=O)C(C)C)CC1. The maximum Gasteiger partial charge on any atom is 0.216 e. The molecule has 1 aliphatic rings. The van der Waals surface area contributed by atoms with Crippen molar-refractivity contribution in [1.29, 1.82) is 0 Å². The van der Waals surface area contributed by atoms with Crippen molar-refractivity contribution in [3.63, 3.8) is 0 Å². The molecule has 1 aliphatic heterocycles. The molecule has 1 rings (SSSR count). The van der Waals surface area contributed by atoms with Gasteiger partial charge >= 0.3 is 0 Å². The Balaban J connectivity index is 2.51. The molecular weight excluding hydrogens is 212 g/mol. The lowest BCUT2D eigenvalue weighted by Gasteiger charge is -2.32. The fraction of sp³-hybridized carbons (Fsp3) is 1.00. The van der Waals surface area contributed by atoms with E-state index in [1.807, 2.05) is 7.05 Å². The lowest BCUT2D eigenvalue weighted by molar-refractivity contribution is 0.269. The third-order valence-electron chi connectivity index (χ3n) is 3.02. The van der Waals surface area contributed by atoms with E-state index in [1.54, 1.807) is 18.2 Å². The molecule has 0 amide bonds. The minimum Gasteiger partial charge on any atom is -0.319 e. The molecule has 0 radical (unpaired) electrons. The van der Waals surface area contributed by atoms with Gasteiger partial charge in [-0.05, 0) is 46.2 Å². The summed E-state index contributed by atoms with van der Waals surface area (Å²) < 4.78 is 25.4. The summed E-state index contributed by atoms with van der Waals surface area (Å²) in [6.07, 6.45) is 1.96. The molecule has 0 bridgehead atoms. The first-order valence-electron chi connectivity index (χ1n) is 5.62. The van der Waals surface area contributed by atoms with E-state index in [9.17, 15) is 8.42 Å². The number of nitrogens with one attached hydrogen (secondary N) is 1. The van der Waals surface area contributed by atoms with Crippen LogP contribution in [0.25, 0.3) is 0 Å². The summed E-state index contributed by atoms with van der Waals surface area (Å²) in [5.41, 5.74) is 0. The van der Waals surface area contributed by atoms with E-state index in [0.29, 0.717) is 19.0 Å². The van der Waals surface area contributed by atoms with E-state index >= 15 is 0 Å². The van der Waals surface area contributed by atoms with Crippen LogP contribution in [-0.2, 0) is 10.0 Å². The number of rotatable bonds is 4. The monoisotopic (exact) mass is 234 g/mol. The summed E-state index contributed by atoms with van der Waals surface area (Å²) >= 11 is 0. The Morgan fingerprint density at radius 2 is 1.87 bits per heavy atom. The summed E-state index contributed by atoms with van der Waals surface area (Å²) in [4.78, 5) is 0. The van der Waals surface area contributed by atoms with E-state index in [2.05, 4.69) is 5.32 Å². The second kappa shape index (κ2) is 5.27. The minimum absolute atomic E-state index is 0.293. The molecule has 1 saturated heterocycles. The Kier molecular flexibility index (Phi) is 4.55. The van der Waals surface area contributed by atoms with Gasteiger partial charge in [-0.3, -0.25) is 0 Å². The van der Waals surface area contributed by atoms with Crippen molar-refractivity contribution in [2.45, 2.75) is 31.9 Å². The summed E-state index contributed by atoms with van der Waals surface area (Å²) in [6.45, 7) is 5.86. The maximum atomic E-state index is 11.9. The molecule has 0 aromatic carbocycles. The first-order chi connectivity index (χ1) is 6.98. The Morgan fingerprint density at radius 1 is 1.33 bits per heavy atom. The molecule has 1 fully saturated rings. The minimum atomic E-state index is -3.03. The van der Waals surface area contributed by atoms with Crippen molar-refractivity contribution < 1.29 is 8.42 Å². The highest BCUT2D eigenvalue weighted by atomic mass is 32.2. The van der Waals surface area contributed by atoms with Crippen molar-refractivity contribution in [3.8, 4) is 0 Å². The predicted octanol–water partition coefficient (Wildman–Crippen LogP) is 0.656. The molecule has 0 spiro atoms. The zero-order chi connectivity index (χ0) is 11.5. The number of hydrogen-bond acceptors (Lipinski definition) is 3. The fourth-order valence-electron chi connectivity index (χ4n) is 1.95. The van der Waals surface area contributed by atoms with Gasteiger partial charge in [0.2, 0.25) is 10.0 Å². The summed E-state index contributed by atoms with van der Waals surface area (Å²) in [5, 5.41) is 2.85. The molecule has 0 unspecified atom stereocenters. The van der Waals surface area contributed by atoms with Crippen molar-refractivity contribution in [2.75, 3.05) is 26.7 Å². The van der Waals surface area contributed by atoms with Crippen molar-refractivity contribution in [2.24, 2.45) is 5.92 Å². The lowest BCUT2D eigenvalue weighted by atomic mass is 9.98. The molecule has 1 heterocycles. The van der Waals surface area contributed by atoms with E-state index in [4.69, 9.17) is 0 Å². The van der Waals surface area contributed by atoms with Crippen LogP contribution in [0.2, 0.25) is 0 Å². The van der Waals surface area contributed by atoms with Gasteiger partial charge in [-0.25, -0.2) is 12.7 Å². The average Bonchev–Trinajstić information content (AvgIpc) is 2.19. The zero-order valence-corrected chi connectivity index (χ0v) is 10.7. The first kappa shape index (κ1) is 12.9. The van der Waals surface area contributed by atoms with E-state index in [-0.39, 0.29) is 5.25 Å². The van der Waals surface area contributed by atoms with Crippen LogP contribution in [0.5, 0.6) is 0 Å². The van der Waals surface area contributed by atoms with Crippen molar-refractivity contribution >= 4 is 10.0 Å². The van der Waals surface area contributed by atoms with Gasteiger partial charge in [0.25, 0.3) is 0 Å². The third kappa shape index (κ3) is 3.16. The average molecular weight is 234 g/mol. The molecule has 0 saturated carbocycles. The van der Waals surface area contributed by atoms with Gasteiger partial charge in [0.1, 0.15) is 0 Å². The van der Waals surface area contributed by atoms with Crippen LogP contribution in [0.15, 0.2) is 0 Å². The Bertz CT molecular complexity index is 280. The van der Waals surface area contributed by atoms with Gasteiger partial charge in [0, 0.05) is 13.1 Å². The molecule has 90 valence electrons. The number of piperidine rings is 1. The van der Waals surface area contributed by atoms with Gasteiger partial charge in [0.05, 0.1) is 5.25 Å². The molecule has 0 aromatic heterocycles. The summed E-state index contributed by atoms with van der Waals surface area (Å²) in [5.74, 6) is 0.633. The Morgan fingerprint density at radius 3 is 2.27 bits per heavy atom. The largest absolute Gasteiger partial charge is 0.319 e. The molecule has 4 nitrogen and oxygen atoms in total. The van der Waals surface area contributed by atoms with Crippen LogP contribution in [0, 0.1) is 5.92 Å². The van der Waals surface area contributed by atoms with Gasteiger partial charge < -0.3 is 5.32 Å². The van der Waals surface area contributed by atoms with Crippen LogP contribution in [0.1, 0.15) is 26.7 Å². The quantitative estimate of drug-likeness (QED) is 0.777. The molecule has 0 atom stereocenters. The van der Waals surface area contributed by atoms with Gasteiger partial charge in [-0.15, -0.1) is 0 Å². The third-order valence-corrected chi connectivity index (χ3v) is 5.30. The van der Waals surface area contributed by atoms with Crippen LogP contribution in [-0.4, -0.2) is 44.7 Å². The Labute approximate surface area is 93.1 Å². The second-order valence-corrected chi connectivity index (χ2v) is 6.98. The van der Waals surface area contributed by atoms with Gasteiger partial charge in [-0.1, -0.05) is 0 Å². The normalized spacial score (nSPS) is 21.1. The zero-order valence-electron chi connectivity index (χ0n) is 9.86. The van der Waals surface area contributed by atoms with Crippen LogP contribution >= 0.6 is 0 Å². The van der Waals surface area contributed by atoms with E-state index in [0.717, 1.165) is 19.4 Å². The van der Waals surface area contributed by atoms with Crippen LogP contribution in [0.4, 0.5) is 0 Å². The topological polar surface area (TPSA) is 49.4 Å². The molecule has 0 aliphatic carbocycles. The summed E-state index contributed by atoms with van der Waals surface area (Å²) in [6, 6.07) is 0. The van der Waals surface area contributed by atoms with Crippen molar-refractivity contribution in [1.82, 2.24) is 9.62 Å². The van der Waals surface area contributed by atoms with E-state index < -0.39 is 10.0 Å². The number of nitrogens with zero attached hydrogens (tertiary/aromatic N) is 1. The fourth-order valence-corrected chi connectivity index (χ4v) is 3.27.